The Bertz CT molecular complexity index is 1410. The van der Waals surface area contributed by atoms with Crippen molar-refractivity contribution in [2.24, 2.45) is 0 Å². The van der Waals surface area contributed by atoms with Crippen LogP contribution in [0.2, 0.25) is 0 Å². The van der Waals surface area contributed by atoms with Crippen molar-refractivity contribution in [1.29, 1.82) is 0 Å². The van der Waals surface area contributed by atoms with Gasteiger partial charge in [0.2, 0.25) is 0 Å². The lowest BCUT2D eigenvalue weighted by atomic mass is 10.1. The fourth-order valence-electron chi connectivity index (χ4n) is 4.01. The van der Waals surface area contributed by atoms with Gasteiger partial charge in [0.25, 0.3) is 11.8 Å². The number of nitrogens with zero attached hydrogens (tertiary/aromatic N) is 2. The van der Waals surface area contributed by atoms with Crippen LogP contribution in [0.15, 0.2) is 36.4 Å². The van der Waals surface area contributed by atoms with Gasteiger partial charge in [0.1, 0.15) is 24.6 Å². The van der Waals surface area contributed by atoms with Crippen molar-refractivity contribution in [1.82, 2.24) is 9.44 Å². The number of benzene rings is 2. The van der Waals surface area contributed by atoms with Crippen LogP contribution in [0.5, 0.6) is 11.5 Å². The maximum atomic E-state index is 11.7. The number of unbranched alkanes of at least 4 members (excludes halogenated alkanes) is 3. The van der Waals surface area contributed by atoms with Crippen LogP contribution in [0.25, 0.3) is 0 Å². The van der Waals surface area contributed by atoms with Crippen molar-refractivity contribution in [3.05, 3.63) is 47.5 Å². The van der Waals surface area contributed by atoms with Crippen molar-refractivity contribution in [2.75, 3.05) is 21.7 Å². The molecule has 4 N–H and O–H groups in total. The second-order valence-electron chi connectivity index (χ2n) is 8.88. The number of hydrogen-bond donors (Lipinski definition) is 4. The van der Waals surface area contributed by atoms with Gasteiger partial charge in [-0.05, 0) is 54.7 Å². The van der Waals surface area contributed by atoms with E-state index in [1.165, 1.54) is 18.6 Å². The first-order valence-corrected chi connectivity index (χ1v) is 15.1. The Morgan fingerprint density at radius 2 is 1.21 bits per heavy atom. The Morgan fingerprint density at radius 1 is 0.737 bits per heavy atom. The van der Waals surface area contributed by atoms with Gasteiger partial charge in [-0.1, -0.05) is 45.2 Å². The number of rotatable bonds is 8. The molecule has 2 aliphatic heterocycles. The number of anilines is 2. The standard InChI is InChI=1S/C14H20N2O4S.C10H12N2O4S/c1-2-3-4-5-6-11-7-8-12(13(17)9-11)16-10-14(18)15-21(16,19)20;1-2-7-3-4-8(9(13)5-7)12-6-10(14)11-17(12,15)16/h7-9,17H,2-6,10H2,1H3,(H,15,18);3-5,13H,2,6H2,1H3,(H,11,14). The largest absolute Gasteiger partial charge is 0.506 e. The third-order valence-corrected chi connectivity index (χ3v) is 8.77. The van der Waals surface area contributed by atoms with Crippen LogP contribution in [-0.4, -0.2) is 52.0 Å². The molecule has 0 saturated carbocycles. The van der Waals surface area contributed by atoms with E-state index in [2.05, 4.69) is 6.92 Å². The highest BCUT2D eigenvalue weighted by Gasteiger charge is 2.36. The number of aryl methyl sites for hydroxylation is 2. The van der Waals surface area contributed by atoms with E-state index in [-0.39, 0.29) is 36.0 Å². The van der Waals surface area contributed by atoms with Crippen LogP contribution < -0.4 is 18.1 Å². The summed E-state index contributed by atoms with van der Waals surface area (Å²) in [4.78, 5) is 22.3. The van der Waals surface area contributed by atoms with E-state index in [0.717, 1.165) is 51.8 Å². The van der Waals surface area contributed by atoms with Gasteiger partial charge in [-0.25, -0.2) is 18.1 Å². The summed E-state index contributed by atoms with van der Waals surface area (Å²) in [6.45, 7) is 3.46. The van der Waals surface area contributed by atoms with Gasteiger partial charge in [0.05, 0.1) is 11.4 Å². The monoisotopic (exact) mass is 568 g/mol. The maximum Gasteiger partial charge on any atom is 0.326 e. The molecule has 38 heavy (non-hydrogen) atoms. The number of carbonyl (C=O) groups is 2. The highest BCUT2D eigenvalue weighted by molar-refractivity contribution is 7.92. The molecule has 2 amide bonds. The quantitative estimate of drug-likeness (QED) is 0.349. The number of phenols is 2. The summed E-state index contributed by atoms with van der Waals surface area (Å²) in [7, 11) is -7.73. The van der Waals surface area contributed by atoms with E-state index in [9.17, 15) is 36.6 Å². The molecular weight excluding hydrogens is 536 g/mol. The molecule has 14 heteroatoms. The summed E-state index contributed by atoms with van der Waals surface area (Å²) < 4.78 is 52.1. The van der Waals surface area contributed by atoms with E-state index in [4.69, 9.17) is 0 Å². The Labute approximate surface area is 222 Å². The molecule has 0 spiro atoms. The summed E-state index contributed by atoms with van der Waals surface area (Å²) in [6.07, 6.45) is 6.10. The Morgan fingerprint density at radius 3 is 1.61 bits per heavy atom. The molecule has 0 radical (unpaired) electrons. The molecule has 12 nitrogen and oxygen atoms in total. The van der Waals surface area contributed by atoms with Crippen LogP contribution in [0.3, 0.4) is 0 Å². The SMILES string of the molecule is CCCCCCc1ccc(N2CC(=O)NS2(=O)=O)c(O)c1.CCc1ccc(N2CC(=O)NS2(=O)=O)c(O)c1. The van der Waals surface area contributed by atoms with Gasteiger partial charge in [-0.15, -0.1) is 0 Å². The summed E-state index contributed by atoms with van der Waals surface area (Å²) in [6, 6.07) is 9.61. The minimum Gasteiger partial charge on any atom is -0.506 e. The molecule has 0 atom stereocenters. The first-order valence-electron chi connectivity index (χ1n) is 12.2. The van der Waals surface area contributed by atoms with Crippen LogP contribution in [0.1, 0.15) is 50.7 Å². The normalized spacial score (nSPS) is 17.5. The number of carbonyl (C=O) groups excluding carboxylic acids is 2. The lowest BCUT2D eigenvalue weighted by molar-refractivity contribution is -0.118. The van der Waals surface area contributed by atoms with Gasteiger partial charge in [0.15, 0.2) is 0 Å². The van der Waals surface area contributed by atoms with Gasteiger partial charge in [-0.2, -0.15) is 16.8 Å². The fourth-order valence-corrected chi connectivity index (χ4v) is 6.34. The molecular formula is C24H32N4O8S2. The second kappa shape index (κ2) is 11.9. The zero-order valence-corrected chi connectivity index (χ0v) is 22.8. The van der Waals surface area contributed by atoms with Crippen molar-refractivity contribution < 1.29 is 36.6 Å². The molecule has 208 valence electrons. The zero-order chi connectivity index (χ0) is 28.1. The maximum absolute atomic E-state index is 11.7. The van der Waals surface area contributed by atoms with Gasteiger partial charge < -0.3 is 10.2 Å². The number of phenolic OH excluding ortho intramolecular Hbond substituents is 2. The number of nitrogens with one attached hydrogen (secondary N) is 2. The summed E-state index contributed by atoms with van der Waals surface area (Å²) in [5.41, 5.74) is 2.09. The molecule has 2 aromatic carbocycles. The molecule has 2 aromatic rings. The molecule has 0 aliphatic carbocycles. The third-order valence-electron chi connectivity index (χ3n) is 5.98. The third kappa shape index (κ3) is 6.86. The van der Waals surface area contributed by atoms with E-state index in [0.29, 0.717) is 0 Å². The van der Waals surface area contributed by atoms with Gasteiger partial charge in [-0.3, -0.25) is 9.59 Å². The van der Waals surface area contributed by atoms with E-state index in [1.807, 2.05) is 16.4 Å². The Balaban J connectivity index is 0.000000215. The minimum absolute atomic E-state index is 0.112. The first kappa shape index (κ1) is 29.0. The lowest BCUT2D eigenvalue weighted by Crippen LogP contribution is -2.29. The number of hydrogen-bond acceptors (Lipinski definition) is 8. The Kier molecular flexibility index (Phi) is 9.09. The number of aromatic hydroxyl groups is 2. The highest BCUT2D eigenvalue weighted by atomic mass is 32.2. The van der Waals surface area contributed by atoms with E-state index >= 15 is 0 Å². The summed E-state index contributed by atoms with van der Waals surface area (Å²) in [5.74, 6) is -1.48. The van der Waals surface area contributed by atoms with Gasteiger partial charge >= 0.3 is 20.4 Å². The molecule has 2 heterocycles. The van der Waals surface area contributed by atoms with Crippen molar-refractivity contribution >= 4 is 43.6 Å². The summed E-state index contributed by atoms with van der Waals surface area (Å²) in [5, 5.41) is 19.8. The second-order valence-corrected chi connectivity index (χ2v) is 12.1. The molecule has 0 bridgehead atoms. The molecule has 2 saturated heterocycles. The van der Waals surface area contributed by atoms with Crippen LogP contribution >= 0.6 is 0 Å². The average Bonchev–Trinajstić information content (AvgIpc) is 3.28. The Hall–Kier alpha value is -3.52. The molecule has 4 rings (SSSR count). The molecule has 0 aromatic heterocycles. The van der Waals surface area contributed by atoms with E-state index < -0.39 is 32.2 Å². The van der Waals surface area contributed by atoms with Crippen molar-refractivity contribution in [3.8, 4) is 11.5 Å². The molecule has 0 unspecified atom stereocenters. The predicted molar refractivity (Wildman–Crippen MR) is 142 cm³/mol. The minimum atomic E-state index is -3.88. The van der Waals surface area contributed by atoms with Crippen molar-refractivity contribution in [2.45, 2.75) is 52.4 Å². The summed E-state index contributed by atoms with van der Waals surface area (Å²) >= 11 is 0. The predicted octanol–water partition coefficient (Wildman–Crippen LogP) is 1.83. The zero-order valence-electron chi connectivity index (χ0n) is 21.2. The lowest BCUT2D eigenvalue weighted by Gasteiger charge is -2.16. The fraction of sp³-hybridized carbons (Fsp3) is 0.417. The van der Waals surface area contributed by atoms with E-state index in [1.54, 1.807) is 24.3 Å². The first-order chi connectivity index (χ1) is 17.9. The highest BCUT2D eigenvalue weighted by Crippen LogP contribution is 2.32. The smallest absolute Gasteiger partial charge is 0.326 e. The van der Waals surface area contributed by atoms with Crippen LogP contribution in [-0.2, 0) is 42.8 Å². The van der Waals surface area contributed by atoms with Crippen molar-refractivity contribution in [3.63, 3.8) is 0 Å². The topological polar surface area (TPSA) is 173 Å². The molecule has 2 aliphatic rings. The van der Waals surface area contributed by atoms with Crippen LogP contribution in [0.4, 0.5) is 11.4 Å². The number of amides is 2. The molecule has 2 fully saturated rings. The van der Waals surface area contributed by atoms with Gasteiger partial charge in [0, 0.05) is 0 Å². The average molecular weight is 569 g/mol. The van der Waals surface area contributed by atoms with Crippen LogP contribution in [0, 0.1) is 0 Å².